The van der Waals surface area contributed by atoms with Gasteiger partial charge in [-0.15, -0.1) is 0 Å². The fourth-order valence-electron chi connectivity index (χ4n) is 3.94. The summed E-state index contributed by atoms with van der Waals surface area (Å²) in [5.74, 6) is 0.183. The lowest BCUT2D eigenvalue weighted by Crippen LogP contribution is -2.19. The molecule has 1 heterocycles. The maximum atomic E-state index is 13.0. The van der Waals surface area contributed by atoms with E-state index in [-0.39, 0.29) is 5.91 Å². The number of fused-ring (bicyclic) bond motifs is 3. The van der Waals surface area contributed by atoms with Gasteiger partial charge in [-0.05, 0) is 44.1 Å². The van der Waals surface area contributed by atoms with Gasteiger partial charge in [-0.2, -0.15) is 0 Å². The van der Waals surface area contributed by atoms with Crippen molar-refractivity contribution in [3.05, 3.63) is 84.4 Å². The second-order valence-electron chi connectivity index (χ2n) is 7.44. The Morgan fingerprint density at radius 3 is 2.00 bits per heavy atom. The van der Waals surface area contributed by atoms with Crippen LogP contribution in [0.3, 0.4) is 0 Å². The van der Waals surface area contributed by atoms with Gasteiger partial charge in [0, 0.05) is 23.7 Å². The average Bonchev–Trinajstić information content (AvgIpc) is 3.06. The number of hydrogen-bond acceptors (Lipinski definition) is 2. The minimum Gasteiger partial charge on any atom is -0.302 e. The molecule has 3 nitrogen and oxygen atoms in total. The zero-order valence-electron chi connectivity index (χ0n) is 16.3. The van der Waals surface area contributed by atoms with E-state index in [1.54, 1.807) is 0 Å². The predicted octanol–water partition coefficient (Wildman–Crippen LogP) is 5.74. The van der Waals surface area contributed by atoms with Crippen LogP contribution >= 0.6 is 0 Å². The summed E-state index contributed by atoms with van der Waals surface area (Å²) in [6, 6.07) is 26.9. The van der Waals surface area contributed by atoms with Crippen molar-refractivity contribution >= 4 is 27.7 Å². The minimum absolute atomic E-state index is 0.183. The quantitative estimate of drug-likeness (QED) is 0.388. The summed E-state index contributed by atoms with van der Waals surface area (Å²) in [6.07, 6.45) is 2.49. The van der Waals surface area contributed by atoms with Crippen LogP contribution in [0, 0.1) is 0 Å². The van der Waals surface area contributed by atoms with Crippen molar-refractivity contribution in [1.29, 1.82) is 0 Å². The molecule has 1 aromatic heterocycles. The summed E-state index contributed by atoms with van der Waals surface area (Å²) in [5, 5.41) is 2.29. The number of para-hydroxylation sites is 2. The topological polar surface area (TPSA) is 25.2 Å². The van der Waals surface area contributed by atoms with E-state index < -0.39 is 0 Å². The van der Waals surface area contributed by atoms with Gasteiger partial charge in [0.25, 0.3) is 0 Å². The number of hydrogen-bond donors (Lipinski definition) is 0. The van der Waals surface area contributed by atoms with Crippen molar-refractivity contribution in [3.8, 4) is 0 Å². The number of unbranched alkanes of at least 4 members (excludes halogenated alkanes) is 1. The number of nitrogens with zero attached hydrogens (tertiary/aromatic N) is 2. The summed E-state index contributed by atoms with van der Waals surface area (Å²) in [7, 11) is 2.14. The summed E-state index contributed by atoms with van der Waals surface area (Å²) < 4.78 is 1.90. The van der Waals surface area contributed by atoms with Crippen LogP contribution in [0.25, 0.3) is 21.8 Å². The third-order valence-electron chi connectivity index (χ3n) is 5.31. The fourth-order valence-corrected chi connectivity index (χ4v) is 3.94. The van der Waals surface area contributed by atoms with Crippen molar-refractivity contribution < 1.29 is 4.79 Å². The lowest BCUT2D eigenvalue weighted by molar-refractivity contribution is 0.0908. The molecule has 0 saturated heterocycles. The zero-order chi connectivity index (χ0) is 19.3. The highest BCUT2D eigenvalue weighted by molar-refractivity contribution is 6.13. The molecule has 0 fully saturated rings. The molecule has 3 heteroatoms. The molecule has 0 saturated carbocycles. The Bertz CT molecular complexity index is 1030. The number of benzene rings is 3. The smallest absolute Gasteiger partial charge is 0.231 e. The molecule has 0 N–H and O–H groups in total. The third kappa shape index (κ3) is 3.85. The molecule has 0 unspecified atom stereocenters. The molecule has 0 bridgehead atoms. The van der Waals surface area contributed by atoms with Gasteiger partial charge in [0.1, 0.15) is 0 Å². The molecule has 28 heavy (non-hydrogen) atoms. The van der Waals surface area contributed by atoms with Gasteiger partial charge in [-0.25, -0.2) is 0 Å². The first kappa shape index (κ1) is 18.5. The van der Waals surface area contributed by atoms with Crippen LogP contribution in [0.5, 0.6) is 0 Å². The Morgan fingerprint density at radius 1 is 0.786 bits per heavy atom. The summed E-state index contributed by atoms with van der Waals surface area (Å²) in [5.41, 5.74) is 3.34. The molecular formula is C25H26N2O. The van der Waals surface area contributed by atoms with E-state index >= 15 is 0 Å². The predicted molar refractivity (Wildman–Crippen MR) is 117 cm³/mol. The van der Waals surface area contributed by atoms with Crippen LogP contribution in [0.1, 0.15) is 29.6 Å². The molecule has 0 aliphatic rings. The highest BCUT2D eigenvalue weighted by Crippen LogP contribution is 2.29. The highest BCUT2D eigenvalue weighted by Gasteiger charge is 2.15. The van der Waals surface area contributed by atoms with Gasteiger partial charge in [-0.1, -0.05) is 66.7 Å². The normalized spacial score (nSPS) is 11.5. The molecule has 3 aromatic carbocycles. The van der Waals surface area contributed by atoms with Crippen LogP contribution in [-0.2, 0) is 6.54 Å². The Kier molecular flexibility index (Phi) is 5.54. The Morgan fingerprint density at radius 2 is 1.36 bits per heavy atom. The zero-order valence-corrected chi connectivity index (χ0v) is 16.3. The van der Waals surface area contributed by atoms with Crippen LogP contribution in [0.15, 0.2) is 78.9 Å². The Hall–Kier alpha value is -2.91. The second-order valence-corrected chi connectivity index (χ2v) is 7.44. The van der Waals surface area contributed by atoms with Gasteiger partial charge in [-0.3, -0.25) is 9.36 Å². The second kappa shape index (κ2) is 8.41. The molecular weight excluding hydrogens is 344 g/mol. The largest absolute Gasteiger partial charge is 0.302 e. The van der Waals surface area contributed by atoms with Crippen molar-refractivity contribution in [2.24, 2.45) is 0 Å². The first-order valence-electron chi connectivity index (χ1n) is 9.98. The monoisotopic (exact) mass is 370 g/mol. The number of rotatable bonds is 7. The van der Waals surface area contributed by atoms with E-state index in [0.29, 0.717) is 6.42 Å². The van der Waals surface area contributed by atoms with Crippen molar-refractivity contribution in [2.45, 2.75) is 25.8 Å². The van der Waals surface area contributed by atoms with E-state index in [4.69, 9.17) is 0 Å². The molecule has 0 atom stereocenters. The standard InChI is InChI=1S/C25H26N2O/c1-26(19-20-11-3-2-4-12-20)18-10-9-17-25(28)27-23-15-7-5-13-21(23)22-14-6-8-16-24(22)27/h2-8,11-16H,9-10,17-19H2,1H3. The van der Waals surface area contributed by atoms with E-state index in [2.05, 4.69) is 48.3 Å². The van der Waals surface area contributed by atoms with Crippen LogP contribution in [0.4, 0.5) is 0 Å². The van der Waals surface area contributed by atoms with E-state index in [9.17, 15) is 4.79 Å². The van der Waals surface area contributed by atoms with Gasteiger partial charge in [0.05, 0.1) is 11.0 Å². The first-order valence-corrected chi connectivity index (χ1v) is 9.98. The van der Waals surface area contributed by atoms with Crippen LogP contribution < -0.4 is 0 Å². The van der Waals surface area contributed by atoms with E-state index in [1.165, 1.54) is 5.56 Å². The van der Waals surface area contributed by atoms with Crippen molar-refractivity contribution in [3.63, 3.8) is 0 Å². The summed E-state index contributed by atoms with van der Waals surface area (Å²) in [6.45, 7) is 1.94. The Labute approximate surface area is 166 Å². The van der Waals surface area contributed by atoms with Gasteiger partial charge < -0.3 is 4.90 Å². The molecule has 0 amide bonds. The van der Waals surface area contributed by atoms with Crippen molar-refractivity contribution in [2.75, 3.05) is 13.6 Å². The molecule has 0 spiro atoms. The lowest BCUT2D eigenvalue weighted by Gasteiger charge is -2.16. The van der Waals surface area contributed by atoms with Gasteiger partial charge in [0.15, 0.2) is 0 Å². The van der Waals surface area contributed by atoms with Crippen LogP contribution in [0.2, 0.25) is 0 Å². The third-order valence-corrected chi connectivity index (χ3v) is 5.31. The number of aromatic nitrogens is 1. The summed E-state index contributed by atoms with van der Waals surface area (Å²) >= 11 is 0. The minimum atomic E-state index is 0.183. The highest BCUT2D eigenvalue weighted by atomic mass is 16.2. The SMILES string of the molecule is CN(CCCCC(=O)n1c2ccccc2c2ccccc21)Cc1ccccc1. The molecule has 0 radical (unpaired) electrons. The first-order chi connectivity index (χ1) is 13.7. The Balaban J connectivity index is 1.39. The number of carbonyl (C=O) groups is 1. The molecule has 0 aliphatic heterocycles. The van der Waals surface area contributed by atoms with E-state index in [0.717, 1.165) is 47.7 Å². The molecule has 142 valence electrons. The maximum Gasteiger partial charge on any atom is 0.231 e. The fraction of sp³-hybridized carbons (Fsp3) is 0.240. The molecule has 0 aliphatic carbocycles. The maximum absolute atomic E-state index is 13.0. The molecule has 4 rings (SSSR count). The average molecular weight is 370 g/mol. The van der Waals surface area contributed by atoms with Gasteiger partial charge >= 0.3 is 0 Å². The van der Waals surface area contributed by atoms with Gasteiger partial charge in [0.2, 0.25) is 5.91 Å². The van der Waals surface area contributed by atoms with Crippen molar-refractivity contribution in [1.82, 2.24) is 9.47 Å². The van der Waals surface area contributed by atoms with E-state index in [1.807, 2.05) is 47.0 Å². The molecule has 4 aromatic rings. The van der Waals surface area contributed by atoms with Crippen LogP contribution in [-0.4, -0.2) is 29.0 Å². The number of carbonyl (C=O) groups excluding carboxylic acids is 1. The summed E-state index contributed by atoms with van der Waals surface area (Å²) in [4.78, 5) is 15.3. The lowest BCUT2D eigenvalue weighted by atomic mass is 10.2.